The lowest BCUT2D eigenvalue weighted by Crippen LogP contribution is -2.02. The maximum atomic E-state index is 11.4. The third-order valence-corrected chi connectivity index (χ3v) is 1.96. The van der Waals surface area contributed by atoms with Crippen molar-refractivity contribution >= 4 is 7.82 Å². The summed E-state index contributed by atoms with van der Waals surface area (Å²) in [5.74, 6) is 0. The van der Waals surface area contributed by atoms with E-state index in [0.717, 1.165) is 0 Å². The van der Waals surface area contributed by atoms with Crippen LogP contribution in [0.5, 0.6) is 0 Å². The highest BCUT2D eigenvalue weighted by Crippen LogP contribution is 2.49. The third-order valence-electron chi connectivity index (χ3n) is 0.811. The van der Waals surface area contributed by atoms with Crippen molar-refractivity contribution in [3.8, 4) is 0 Å². The summed E-state index contributed by atoms with van der Waals surface area (Å²) in [6.45, 7) is 5.67. The third kappa shape index (κ3) is 6.15. The lowest BCUT2D eigenvalue weighted by atomic mass is 10.9. The van der Waals surface area contributed by atoms with Gasteiger partial charge in [0.1, 0.15) is 0 Å². The Kier molecular flexibility index (Phi) is 7.45. The predicted molar refractivity (Wildman–Crippen MR) is 44.7 cm³/mol. The van der Waals surface area contributed by atoms with Crippen LogP contribution in [0.3, 0.4) is 0 Å². The predicted octanol–water partition coefficient (Wildman–Crippen LogP) is 2.07. The van der Waals surface area contributed by atoms with Crippen molar-refractivity contribution < 1.29 is 28.2 Å². The molecule has 6 nitrogen and oxygen atoms in total. The van der Waals surface area contributed by atoms with Gasteiger partial charge in [-0.3, -0.25) is 4.52 Å². The Balaban J connectivity index is 3.92. The smallest absolute Gasteiger partial charge is 0.284 e. The maximum absolute atomic E-state index is 11.4. The van der Waals surface area contributed by atoms with Crippen LogP contribution in [0, 0.1) is 0 Å². The summed E-state index contributed by atoms with van der Waals surface area (Å²) in [7, 11) is -3.70. The normalized spacial score (nSPS) is 11.9. The molecule has 0 saturated carbocycles. The molecule has 0 aliphatic rings. The maximum Gasteiger partial charge on any atom is 0.529 e. The molecule has 0 heterocycles. The lowest BCUT2D eigenvalue weighted by Gasteiger charge is -2.13. The van der Waals surface area contributed by atoms with E-state index in [2.05, 4.69) is 19.1 Å². The van der Waals surface area contributed by atoms with Gasteiger partial charge >= 0.3 is 7.82 Å². The monoisotopic (exact) mass is 214 g/mol. The summed E-state index contributed by atoms with van der Waals surface area (Å²) < 4.78 is 24.9. The standard InChI is InChI=1S/C6H15O6P/c1-4-8-11-13(7,10-6-3)12-9-5-2/h4-6H2,1-3H3. The molecule has 0 aromatic carbocycles. The van der Waals surface area contributed by atoms with Crippen molar-refractivity contribution in [2.45, 2.75) is 20.8 Å². The van der Waals surface area contributed by atoms with E-state index in [9.17, 15) is 4.57 Å². The Morgan fingerprint density at radius 3 is 1.69 bits per heavy atom. The van der Waals surface area contributed by atoms with Gasteiger partial charge < -0.3 is 0 Å². The van der Waals surface area contributed by atoms with Crippen LogP contribution in [-0.2, 0) is 28.2 Å². The van der Waals surface area contributed by atoms with Crippen molar-refractivity contribution in [1.82, 2.24) is 0 Å². The van der Waals surface area contributed by atoms with Crippen LogP contribution in [-0.4, -0.2) is 19.8 Å². The topological polar surface area (TPSA) is 63.2 Å². The highest BCUT2D eigenvalue weighted by molar-refractivity contribution is 7.48. The molecule has 0 fully saturated rings. The van der Waals surface area contributed by atoms with Gasteiger partial charge in [0.05, 0.1) is 19.8 Å². The van der Waals surface area contributed by atoms with E-state index < -0.39 is 7.82 Å². The molecule has 0 radical (unpaired) electrons. The first-order valence-electron chi connectivity index (χ1n) is 4.05. The van der Waals surface area contributed by atoms with E-state index in [-0.39, 0.29) is 19.8 Å². The Hall–Kier alpha value is 0.0300. The Morgan fingerprint density at radius 2 is 1.38 bits per heavy atom. The second-order valence-corrected chi connectivity index (χ2v) is 3.28. The minimum absolute atomic E-state index is 0.178. The molecular formula is C6H15O6P. The molecule has 0 saturated heterocycles. The number of hydrogen-bond acceptors (Lipinski definition) is 6. The highest BCUT2D eigenvalue weighted by Gasteiger charge is 2.29. The Bertz CT molecular complexity index is 149. The summed E-state index contributed by atoms with van der Waals surface area (Å²) >= 11 is 0. The summed E-state index contributed by atoms with van der Waals surface area (Å²) in [6.07, 6.45) is 0. The molecular weight excluding hydrogens is 199 g/mol. The van der Waals surface area contributed by atoms with Gasteiger partial charge in [0.25, 0.3) is 0 Å². The first kappa shape index (κ1) is 13.0. The average molecular weight is 214 g/mol. The van der Waals surface area contributed by atoms with Crippen molar-refractivity contribution in [3.05, 3.63) is 0 Å². The number of hydrogen-bond donors (Lipinski definition) is 0. The second kappa shape index (κ2) is 7.44. The van der Waals surface area contributed by atoms with Gasteiger partial charge in [-0.1, -0.05) is 0 Å². The SMILES string of the molecule is CCOOP(=O)(OCC)OOCC. The summed E-state index contributed by atoms with van der Waals surface area (Å²) in [5.41, 5.74) is 0. The van der Waals surface area contributed by atoms with Crippen molar-refractivity contribution in [1.29, 1.82) is 0 Å². The molecule has 0 spiro atoms. The number of rotatable bonds is 8. The van der Waals surface area contributed by atoms with Gasteiger partial charge in [-0.15, -0.1) is 9.35 Å². The summed E-state index contributed by atoms with van der Waals surface area (Å²) in [4.78, 5) is 8.91. The summed E-state index contributed by atoms with van der Waals surface area (Å²) in [5, 5.41) is 0. The molecule has 7 heteroatoms. The zero-order chi connectivity index (χ0) is 10.2. The van der Waals surface area contributed by atoms with E-state index in [0.29, 0.717) is 0 Å². The van der Waals surface area contributed by atoms with Crippen LogP contribution in [0.4, 0.5) is 0 Å². The molecule has 0 aromatic heterocycles. The van der Waals surface area contributed by atoms with E-state index in [1.54, 1.807) is 20.8 Å². The molecule has 0 aliphatic heterocycles. The molecule has 13 heavy (non-hydrogen) atoms. The van der Waals surface area contributed by atoms with Gasteiger partial charge in [0.15, 0.2) is 0 Å². The fraction of sp³-hybridized carbons (Fsp3) is 1.00. The first-order chi connectivity index (χ1) is 6.18. The molecule has 0 aliphatic carbocycles. The zero-order valence-corrected chi connectivity index (χ0v) is 8.91. The van der Waals surface area contributed by atoms with Gasteiger partial charge in [-0.25, -0.2) is 14.3 Å². The van der Waals surface area contributed by atoms with E-state index in [1.807, 2.05) is 0 Å². The van der Waals surface area contributed by atoms with E-state index in [4.69, 9.17) is 4.52 Å². The molecule has 0 atom stereocenters. The van der Waals surface area contributed by atoms with Crippen LogP contribution in [0.2, 0.25) is 0 Å². The van der Waals surface area contributed by atoms with E-state index in [1.165, 1.54) is 0 Å². The van der Waals surface area contributed by atoms with Gasteiger partial charge in [-0.05, 0) is 20.8 Å². The van der Waals surface area contributed by atoms with Crippen LogP contribution < -0.4 is 0 Å². The highest BCUT2D eigenvalue weighted by atomic mass is 31.2. The number of phosphoric acid groups is 1. The van der Waals surface area contributed by atoms with E-state index >= 15 is 0 Å². The van der Waals surface area contributed by atoms with Gasteiger partial charge in [0.2, 0.25) is 0 Å². The van der Waals surface area contributed by atoms with Crippen LogP contribution in [0.1, 0.15) is 20.8 Å². The largest absolute Gasteiger partial charge is 0.529 e. The van der Waals surface area contributed by atoms with Crippen molar-refractivity contribution in [2.75, 3.05) is 19.8 Å². The molecule has 0 aromatic rings. The molecule has 0 amide bonds. The molecule has 0 unspecified atom stereocenters. The molecule has 0 bridgehead atoms. The Labute approximate surface area is 77.5 Å². The van der Waals surface area contributed by atoms with Crippen molar-refractivity contribution in [2.24, 2.45) is 0 Å². The Morgan fingerprint density at radius 1 is 0.923 bits per heavy atom. The minimum atomic E-state index is -3.70. The summed E-state index contributed by atoms with van der Waals surface area (Å²) in [6, 6.07) is 0. The second-order valence-electron chi connectivity index (χ2n) is 1.83. The van der Waals surface area contributed by atoms with Crippen LogP contribution in [0.25, 0.3) is 0 Å². The first-order valence-corrected chi connectivity index (χ1v) is 5.51. The fourth-order valence-corrected chi connectivity index (χ4v) is 1.34. The van der Waals surface area contributed by atoms with Crippen LogP contribution in [0.15, 0.2) is 0 Å². The zero-order valence-electron chi connectivity index (χ0n) is 8.02. The van der Waals surface area contributed by atoms with Crippen LogP contribution >= 0.6 is 7.82 Å². The lowest BCUT2D eigenvalue weighted by molar-refractivity contribution is -0.278. The quantitative estimate of drug-likeness (QED) is 0.350. The average Bonchev–Trinajstić information content (AvgIpc) is 2.12. The van der Waals surface area contributed by atoms with Crippen molar-refractivity contribution in [3.63, 3.8) is 0 Å². The molecule has 0 rings (SSSR count). The molecule has 80 valence electrons. The molecule has 0 N–H and O–H groups in total. The van der Waals surface area contributed by atoms with Gasteiger partial charge in [-0.2, -0.15) is 0 Å². The van der Waals surface area contributed by atoms with Gasteiger partial charge in [0, 0.05) is 0 Å². The minimum Gasteiger partial charge on any atom is -0.284 e. The fourth-order valence-electron chi connectivity index (χ4n) is 0.448.